The summed E-state index contributed by atoms with van der Waals surface area (Å²) in [5, 5.41) is 1.27. The van der Waals surface area contributed by atoms with E-state index in [9.17, 15) is 0 Å². The lowest BCUT2D eigenvalue weighted by molar-refractivity contribution is 0.415. The fourth-order valence-electron chi connectivity index (χ4n) is 3.32. The van der Waals surface area contributed by atoms with Gasteiger partial charge in [-0.25, -0.2) is 0 Å². The van der Waals surface area contributed by atoms with E-state index in [0.717, 1.165) is 24.5 Å². The van der Waals surface area contributed by atoms with Crippen LogP contribution in [0.25, 0.3) is 22.0 Å². The van der Waals surface area contributed by atoms with Gasteiger partial charge in [0.25, 0.3) is 0 Å². The molecule has 0 spiro atoms. The van der Waals surface area contributed by atoms with Crippen LogP contribution >= 0.6 is 0 Å². The molecule has 3 aromatic rings. The van der Waals surface area contributed by atoms with E-state index in [1.165, 1.54) is 27.7 Å². The smallest absolute Gasteiger partial charge is 0.120 e. The normalized spacial score (nSPS) is 11.0. The van der Waals surface area contributed by atoms with Crippen molar-refractivity contribution in [1.29, 1.82) is 0 Å². The van der Waals surface area contributed by atoms with Gasteiger partial charge in [-0.15, -0.1) is 0 Å². The average Bonchev–Trinajstić information content (AvgIpc) is 2.94. The molecular weight excluding hydrogens is 286 g/mol. The summed E-state index contributed by atoms with van der Waals surface area (Å²) in [5.74, 6) is 1.78. The van der Waals surface area contributed by atoms with Crippen LogP contribution in [-0.2, 0) is 13.0 Å². The van der Waals surface area contributed by atoms with Gasteiger partial charge < -0.3 is 14.0 Å². The van der Waals surface area contributed by atoms with Crippen LogP contribution in [0.15, 0.2) is 42.5 Å². The lowest BCUT2D eigenvalue weighted by Crippen LogP contribution is -2.00. The van der Waals surface area contributed by atoms with Crippen molar-refractivity contribution >= 4 is 10.9 Å². The summed E-state index contributed by atoms with van der Waals surface area (Å²) in [4.78, 5) is 0. The van der Waals surface area contributed by atoms with E-state index in [1.807, 2.05) is 18.2 Å². The van der Waals surface area contributed by atoms with E-state index in [-0.39, 0.29) is 0 Å². The molecule has 0 bridgehead atoms. The predicted octanol–water partition coefficient (Wildman–Crippen LogP) is 4.91. The Morgan fingerprint density at radius 1 is 0.870 bits per heavy atom. The van der Waals surface area contributed by atoms with Gasteiger partial charge >= 0.3 is 0 Å². The molecule has 0 fully saturated rings. The number of nitrogens with zero attached hydrogens (tertiary/aromatic N) is 1. The Hall–Kier alpha value is -2.42. The number of hydrogen-bond donors (Lipinski definition) is 0. The first kappa shape index (κ1) is 15.5. The summed E-state index contributed by atoms with van der Waals surface area (Å²) in [7, 11) is 3.41. The predicted molar refractivity (Wildman–Crippen MR) is 95.5 cm³/mol. The summed E-state index contributed by atoms with van der Waals surface area (Å²) in [6.07, 6.45) is 0.992. The Morgan fingerprint density at radius 3 is 2.09 bits per heavy atom. The number of aryl methyl sites for hydroxylation is 1. The second kappa shape index (κ2) is 6.37. The highest BCUT2D eigenvalue weighted by atomic mass is 16.5. The Labute approximate surface area is 137 Å². The number of methoxy groups -OCH3 is 2. The molecule has 0 aliphatic carbocycles. The quantitative estimate of drug-likeness (QED) is 0.668. The van der Waals surface area contributed by atoms with Crippen LogP contribution in [0.5, 0.6) is 11.5 Å². The maximum absolute atomic E-state index is 5.41. The molecule has 3 heteroatoms. The summed E-state index contributed by atoms with van der Waals surface area (Å²) in [6, 6.07) is 14.6. The molecule has 3 nitrogen and oxygen atoms in total. The zero-order valence-electron chi connectivity index (χ0n) is 14.2. The minimum absolute atomic E-state index is 0.882. The van der Waals surface area contributed by atoms with Gasteiger partial charge in [-0.3, -0.25) is 0 Å². The summed E-state index contributed by atoms with van der Waals surface area (Å²) in [5.41, 5.74) is 5.13. The second-order valence-corrected chi connectivity index (χ2v) is 5.53. The first-order chi connectivity index (χ1) is 11.2. The molecule has 0 unspecified atom stereocenters. The highest BCUT2D eigenvalue weighted by Gasteiger charge is 2.17. The number of aromatic nitrogens is 1. The van der Waals surface area contributed by atoms with Crippen molar-refractivity contribution < 1.29 is 9.47 Å². The Kier molecular flexibility index (Phi) is 4.28. The van der Waals surface area contributed by atoms with Crippen molar-refractivity contribution in [1.82, 2.24) is 4.57 Å². The highest BCUT2D eigenvalue weighted by Crippen LogP contribution is 2.37. The van der Waals surface area contributed by atoms with E-state index < -0.39 is 0 Å². The van der Waals surface area contributed by atoms with Gasteiger partial charge in [0.2, 0.25) is 0 Å². The van der Waals surface area contributed by atoms with Gasteiger partial charge in [-0.1, -0.05) is 19.1 Å². The van der Waals surface area contributed by atoms with Crippen LogP contribution in [0.3, 0.4) is 0 Å². The molecule has 0 aliphatic heterocycles. The SMILES string of the molecule is CCc1c(-c2ccc(OC)cc2)c2ccc(OC)cc2n1CC. The van der Waals surface area contributed by atoms with Crippen molar-refractivity contribution in [2.75, 3.05) is 14.2 Å². The second-order valence-electron chi connectivity index (χ2n) is 5.53. The Morgan fingerprint density at radius 2 is 1.52 bits per heavy atom. The van der Waals surface area contributed by atoms with Gasteiger partial charge in [0.05, 0.1) is 19.7 Å². The lowest BCUT2D eigenvalue weighted by Gasteiger charge is -2.09. The highest BCUT2D eigenvalue weighted by molar-refractivity contribution is 5.99. The summed E-state index contributed by atoms with van der Waals surface area (Å²) >= 11 is 0. The maximum atomic E-state index is 5.41. The van der Waals surface area contributed by atoms with Crippen LogP contribution in [0, 0.1) is 0 Å². The van der Waals surface area contributed by atoms with Crippen molar-refractivity contribution in [2.24, 2.45) is 0 Å². The topological polar surface area (TPSA) is 23.4 Å². The average molecular weight is 309 g/mol. The van der Waals surface area contributed by atoms with Crippen LogP contribution in [0.2, 0.25) is 0 Å². The number of hydrogen-bond acceptors (Lipinski definition) is 2. The van der Waals surface area contributed by atoms with Gasteiger partial charge in [0.1, 0.15) is 11.5 Å². The number of ether oxygens (including phenoxy) is 2. The lowest BCUT2D eigenvalue weighted by atomic mass is 10.0. The van der Waals surface area contributed by atoms with Crippen LogP contribution in [0.4, 0.5) is 0 Å². The molecule has 0 amide bonds. The fourth-order valence-corrected chi connectivity index (χ4v) is 3.32. The number of benzene rings is 2. The molecule has 0 N–H and O–H groups in total. The number of rotatable bonds is 5. The molecule has 0 atom stereocenters. The monoisotopic (exact) mass is 309 g/mol. The van der Waals surface area contributed by atoms with Crippen LogP contribution < -0.4 is 9.47 Å². The Balaban J connectivity index is 2.29. The van der Waals surface area contributed by atoms with Crippen molar-refractivity contribution in [2.45, 2.75) is 26.8 Å². The van der Waals surface area contributed by atoms with Crippen molar-refractivity contribution in [3.8, 4) is 22.6 Å². The third-order valence-corrected chi connectivity index (χ3v) is 4.41. The molecule has 1 aromatic heterocycles. The summed E-state index contributed by atoms with van der Waals surface area (Å²) in [6.45, 7) is 5.35. The molecule has 1 heterocycles. The molecule has 2 aromatic carbocycles. The van der Waals surface area contributed by atoms with Gasteiger partial charge in [-0.2, -0.15) is 0 Å². The third kappa shape index (κ3) is 2.56. The first-order valence-corrected chi connectivity index (χ1v) is 8.07. The van der Waals surface area contributed by atoms with E-state index in [2.05, 4.69) is 42.7 Å². The van der Waals surface area contributed by atoms with E-state index in [1.54, 1.807) is 14.2 Å². The third-order valence-electron chi connectivity index (χ3n) is 4.41. The molecule has 0 radical (unpaired) electrons. The van der Waals surface area contributed by atoms with E-state index >= 15 is 0 Å². The van der Waals surface area contributed by atoms with Gasteiger partial charge in [-0.05, 0) is 43.2 Å². The molecule has 0 saturated heterocycles. The van der Waals surface area contributed by atoms with Gasteiger partial charge in [0.15, 0.2) is 0 Å². The standard InChI is InChI=1S/C20H23NO2/c1-5-18-20(14-7-9-15(22-3)10-8-14)17-12-11-16(23-4)13-19(17)21(18)6-2/h7-13H,5-6H2,1-4H3. The molecule has 23 heavy (non-hydrogen) atoms. The van der Waals surface area contributed by atoms with E-state index in [0.29, 0.717) is 0 Å². The van der Waals surface area contributed by atoms with Gasteiger partial charge in [0, 0.05) is 29.3 Å². The maximum Gasteiger partial charge on any atom is 0.120 e. The summed E-state index contributed by atoms with van der Waals surface area (Å²) < 4.78 is 13.1. The van der Waals surface area contributed by atoms with E-state index in [4.69, 9.17) is 9.47 Å². The van der Waals surface area contributed by atoms with Crippen molar-refractivity contribution in [3.05, 3.63) is 48.2 Å². The fraction of sp³-hybridized carbons (Fsp3) is 0.300. The van der Waals surface area contributed by atoms with Crippen LogP contribution in [-0.4, -0.2) is 18.8 Å². The minimum Gasteiger partial charge on any atom is -0.497 e. The zero-order chi connectivity index (χ0) is 16.4. The molecule has 3 rings (SSSR count). The largest absolute Gasteiger partial charge is 0.497 e. The first-order valence-electron chi connectivity index (χ1n) is 8.07. The molecule has 120 valence electrons. The minimum atomic E-state index is 0.882. The molecular formula is C20H23NO2. The zero-order valence-corrected chi connectivity index (χ0v) is 14.2. The number of fused-ring (bicyclic) bond motifs is 1. The Bertz CT molecular complexity index is 816. The molecule has 0 aliphatic rings. The molecule has 0 saturated carbocycles. The van der Waals surface area contributed by atoms with Crippen molar-refractivity contribution in [3.63, 3.8) is 0 Å². The van der Waals surface area contributed by atoms with Crippen LogP contribution in [0.1, 0.15) is 19.5 Å².